The monoisotopic (exact) mass is 276 g/mol. The Labute approximate surface area is 124 Å². The summed E-state index contributed by atoms with van der Waals surface area (Å²) in [4.78, 5) is 14.4. The van der Waals surface area contributed by atoms with Gasteiger partial charge in [0.2, 0.25) is 0 Å². The van der Waals surface area contributed by atoms with Gasteiger partial charge in [0.05, 0.1) is 11.6 Å². The molecule has 1 aliphatic rings. The fourth-order valence-electron chi connectivity index (χ4n) is 2.81. The molecule has 1 fully saturated rings. The summed E-state index contributed by atoms with van der Waals surface area (Å²) in [5.74, 6) is 0.478. The van der Waals surface area contributed by atoms with Gasteiger partial charge in [-0.25, -0.2) is 0 Å². The number of carbonyl (C=O) groups excluding carboxylic acids is 1. The maximum absolute atomic E-state index is 12.5. The molecule has 3 nitrogen and oxygen atoms in total. The molecule has 0 aliphatic carbocycles. The molecule has 0 bridgehead atoms. The molecule has 21 heavy (non-hydrogen) atoms. The summed E-state index contributed by atoms with van der Waals surface area (Å²) in [6.07, 6.45) is 1.01. The van der Waals surface area contributed by atoms with Crippen LogP contribution >= 0.6 is 0 Å². The first-order chi connectivity index (χ1) is 10.3. The molecule has 1 heterocycles. The number of hydrogen-bond acceptors (Lipinski definition) is 2. The third-order valence-corrected chi connectivity index (χ3v) is 4.01. The van der Waals surface area contributed by atoms with Crippen molar-refractivity contribution < 1.29 is 4.79 Å². The predicted octanol–water partition coefficient (Wildman–Crippen LogP) is 3.19. The van der Waals surface area contributed by atoms with Crippen molar-refractivity contribution in [2.75, 3.05) is 13.1 Å². The Morgan fingerprint density at radius 1 is 1.10 bits per heavy atom. The van der Waals surface area contributed by atoms with E-state index in [2.05, 4.69) is 18.2 Å². The summed E-state index contributed by atoms with van der Waals surface area (Å²) in [5, 5.41) is 8.79. The molecule has 0 saturated carbocycles. The molecule has 3 heteroatoms. The highest BCUT2D eigenvalue weighted by atomic mass is 16.2. The lowest BCUT2D eigenvalue weighted by atomic mass is 9.99. The molecule has 104 valence electrons. The lowest BCUT2D eigenvalue weighted by Crippen LogP contribution is -2.28. The summed E-state index contributed by atoms with van der Waals surface area (Å²) < 4.78 is 0. The lowest BCUT2D eigenvalue weighted by Gasteiger charge is -2.17. The van der Waals surface area contributed by atoms with Crippen LogP contribution in [0.15, 0.2) is 54.6 Å². The van der Waals surface area contributed by atoms with Crippen LogP contribution in [0.5, 0.6) is 0 Å². The van der Waals surface area contributed by atoms with Crippen molar-refractivity contribution >= 4 is 5.91 Å². The Morgan fingerprint density at radius 2 is 1.81 bits per heavy atom. The minimum atomic E-state index is 0.0536. The molecule has 3 rings (SSSR count). The molecule has 1 amide bonds. The van der Waals surface area contributed by atoms with Crippen LogP contribution in [0, 0.1) is 11.3 Å². The van der Waals surface area contributed by atoms with Crippen molar-refractivity contribution in [3.05, 3.63) is 71.3 Å². The van der Waals surface area contributed by atoms with E-state index in [1.807, 2.05) is 23.1 Å². The highest BCUT2D eigenvalue weighted by Gasteiger charge is 2.27. The minimum Gasteiger partial charge on any atom is -0.338 e. The first kappa shape index (κ1) is 13.4. The van der Waals surface area contributed by atoms with Gasteiger partial charge in [-0.2, -0.15) is 5.26 Å². The van der Waals surface area contributed by atoms with Crippen LogP contribution in [0.2, 0.25) is 0 Å². The van der Waals surface area contributed by atoms with E-state index < -0.39 is 0 Å². The van der Waals surface area contributed by atoms with E-state index in [0.29, 0.717) is 17.0 Å². The Morgan fingerprint density at radius 3 is 2.48 bits per heavy atom. The first-order valence-corrected chi connectivity index (χ1v) is 7.12. The topological polar surface area (TPSA) is 44.1 Å². The van der Waals surface area contributed by atoms with Crippen molar-refractivity contribution in [2.24, 2.45) is 0 Å². The minimum absolute atomic E-state index is 0.0536. The van der Waals surface area contributed by atoms with Crippen molar-refractivity contribution in [3.8, 4) is 6.07 Å². The van der Waals surface area contributed by atoms with Crippen LogP contribution in [0.1, 0.15) is 33.8 Å². The quantitative estimate of drug-likeness (QED) is 0.845. The normalized spacial score (nSPS) is 17.5. The lowest BCUT2D eigenvalue weighted by molar-refractivity contribution is 0.0791. The van der Waals surface area contributed by atoms with Crippen LogP contribution in [0.3, 0.4) is 0 Å². The van der Waals surface area contributed by atoms with Gasteiger partial charge >= 0.3 is 0 Å². The van der Waals surface area contributed by atoms with Crippen LogP contribution < -0.4 is 0 Å². The number of hydrogen-bond donors (Lipinski definition) is 0. The SMILES string of the molecule is N#Cc1ccc(C(=O)N2CC[C@@H](c3ccccc3)C2)cc1. The molecule has 2 aromatic carbocycles. The number of nitrogens with zero attached hydrogens (tertiary/aromatic N) is 2. The van der Waals surface area contributed by atoms with Gasteiger partial charge in [-0.1, -0.05) is 30.3 Å². The number of amides is 1. The Balaban J connectivity index is 1.71. The van der Waals surface area contributed by atoms with Crippen molar-refractivity contribution in [2.45, 2.75) is 12.3 Å². The molecule has 0 unspecified atom stereocenters. The van der Waals surface area contributed by atoms with Gasteiger partial charge in [-0.05, 0) is 36.2 Å². The van der Waals surface area contributed by atoms with E-state index in [-0.39, 0.29) is 5.91 Å². The number of benzene rings is 2. The predicted molar refractivity (Wildman–Crippen MR) is 80.9 cm³/mol. The third-order valence-electron chi connectivity index (χ3n) is 4.01. The number of rotatable bonds is 2. The molecule has 1 aliphatic heterocycles. The maximum atomic E-state index is 12.5. The molecule has 0 radical (unpaired) electrons. The van der Waals surface area contributed by atoms with Crippen molar-refractivity contribution in [3.63, 3.8) is 0 Å². The molecule has 1 atom stereocenters. The van der Waals surface area contributed by atoms with E-state index >= 15 is 0 Å². The summed E-state index contributed by atoms with van der Waals surface area (Å²) >= 11 is 0. The van der Waals surface area contributed by atoms with Crippen LogP contribution in [0.25, 0.3) is 0 Å². The number of carbonyl (C=O) groups is 1. The highest BCUT2D eigenvalue weighted by molar-refractivity contribution is 5.94. The second-order valence-electron chi connectivity index (χ2n) is 5.34. The third kappa shape index (κ3) is 2.80. The van der Waals surface area contributed by atoms with E-state index in [9.17, 15) is 4.79 Å². The van der Waals surface area contributed by atoms with Crippen molar-refractivity contribution in [1.29, 1.82) is 5.26 Å². The Bertz CT molecular complexity index is 671. The van der Waals surface area contributed by atoms with Crippen molar-refractivity contribution in [1.82, 2.24) is 4.90 Å². The fraction of sp³-hybridized carbons (Fsp3) is 0.222. The average Bonchev–Trinajstić information content (AvgIpc) is 3.05. The zero-order valence-corrected chi connectivity index (χ0v) is 11.7. The van der Waals surface area contributed by atoms with Gasteiger partial charge in [0.25, 0.3) is 5.91 Å². The smallest absolute Gasteiger partial charge is 0.253 e. The molecular weight excluding hydrogens is 260 g/mol. The molecule has 0 N–H and O–H groups in total. The van der Waals surface area contributed by atoms with E-state index in [0.717, 1.165) is 19.5 Å². The van der Waals surface area contributed by atoms with E-state index in [4.69, 9.17) is 5.26 Å². The molecular formula is C18H16N2O. The summed E-state index contributed by atoms with van der Waals surface area (Å²) in [6, 6.07) is 19.3. The Hall–Kier alpha value is -2.60. The summed E-state index contributed by atoms with van der Waals surface area (Å²) in [7, 11) is 0. The summed E-state index contributed by atoms with van der Waals surface area (Å²) in [5.41, 5.74) is 2.53. The van der Waals surface area contributed by atoms with E-state index in [1.165, 1.54) is 5.56 Å². The van der Waals surface area contributed by atoms with Gasteiger partial charge in [0.15, 0.2) is 0 Å². The van der Waals surface area contributed by atoms with Gasteiger partial charge in [0, 0.05) is 24.6 Å². The molecule has 1 saturated heterocycles. The fourth-order valence-corrected chi connectivity index (χ4v) is 2.81. The molecule has 0 spiro atoms. The zero-order valence-electron chi connectivity index (χ0n) is 11.7. The second kappa shape index (κ2) is 5.80. The van der Waals surface area contributed by atoms with Gasteiger partial charge in [-0.15, -0.1) is 0 Å². The number of likely N-dealkylation sites (tertiary alicyclic amines) is 1. The van der Waals surface area contributed by atoms with Gasteiger partial charge in [-0.3, -0.25) is 4.79 Å². The zero-order chi connectivity index (χ0) is 14.7. The standard InChI is InChI=1S/C18H16N2O/c19-12-14-6-8-16(9-7-14)18(21)20-11-10-17(13-20)15-4-2-1-3-5-15/h1-9,17H,10-11,13H2/t17-/m1/s1. The number of nitriles is 1. The van der Waals surface area contributed by atoms with Crippen LogP contribution in [0.4, 0.5) is 0 Å². The highest BCUT2D eigenvalue weighted by Crippen LogP contribution is 2.27. The maximum Gasteiger partial charge on any atom is 0.253 e. The van der Waals surface area contributed by atoms with Gasteiger partial charge in [0.1, 0.15) is 0 Å². The first-order valence-electron chi connectivity index (χ1n) is 7.12. The van der Waals surface area contributed by atoms with E-state index in [1.54, 1.807) is 24.3 Å². The van der Waals surface area contributed by atoms with Crippen LogP contribution in [-0.2, 0) is 0 Å². The molecule has 2 aromatic rings. The average molecular weight is 276 g/mol. The Kier molecular flexibility index (Phi) is 3.70. The van der Waals surface area contributed by atoms with Gasteiger partial charge < -0.3 is 4.90 Å². The summed E-state index contributed by atoms with van der Waals surface area (Å²) in [6.45, 7) is 1.56. The second-order valence-corrected chi connectivity index (χ2v) is 5.34. The largest absolute Gasteiger partial charge is 0.338 e. The molecule has 0 aromatic heterocycles. The van der Waals surface area contributed by atoms with Crippen LogP contribution in [-0.4, -0.2) is 23.9 Å².